The Morgan fingerprint density at radius 1 is 0.880 bits per heavy atom. The third kappa shape index (κ3) is 3.50. The lowest BCUT2D eigenvalue weighted by molar-refractivity contribution is -0.159. The number of amides is 2. The molecule has 25 heavy (non-hydrogen) atoms. The van der Waals surface area contributed by atoms with E-state index in [0.29, 0.717) is 12.8 Å². The van der Waals surface area contributed by atoms with Crippen LogP contribution in [-0.2, 0) is 18.9 Å². The van der Waals surface area contributed by atoms with Gasteiger partial charge in [-0.3, -0.25) is 0 Å². The number of nitrogens with one attached hydrogen (secondary N) is 2. The Hall–Kier alpha value is -2.06. The maximum atomic E-state index is 11.7. The number of ether oxygens (including phenoxy) is 4. The largest absolute Gasteiger partial charge is 0.441 e. The Kier molecular flexibility index (Phi) is 4.75. The summed E-state index contributed by atoms with van der Waals surface area (Å²) in [4.78, 5) is 23.5. The number of alkyl carbamates (subject to hydrolysis) is 2. The van der Waals surface area contributed by atoms with Crippen molar-refractivity contribution >= 4 is 12.2 Å². The first-order chi connectivity index (χ1) is 11.8. The molecule has 6 atom stereocenters. The second kappa shape index (κ2) is 6.68. The molecule has 0 unspecified atom stereocenters. The van der Waals surface area contributed by atoms with Crippen molar-refractivity contribution < 1.29 is 28.5 Å². The molecule has 0 radical (unpaired) electrons. The highest BCUT2D eigenvalue weighted by molar-refractivity contribution is 5.71. The van der Waals surface area contributed by atoms with Crippen LogP contribution in [0.3, 0.4) is 0 Å². The van der Waals surface area contributed by atoms with Crippen molar-refractivity contribution in [3.63, 3.8) is 0 Å². The van der Waals surface area contributed by atoms with Gasteiger partial charge in [0, 0.05) is 0 Å². The lowest BCUT2D eigenvalue weighted by atomic mass is 9.93. The molecule has 0 saturated carbocycles. The maximum absolute atomic E-state index is 11.7. The van der Waals surface area contributed by atoms with E-state index in [1.54, 1.807) is 26.0 Å². The van der Waals surface area contributed by atoms with Gasteiger partial charge < -0.3 is 29.6 Å². The van der Waals surface area contributed by atoms with Gasteiger partial charge in [0.25, 0.3) is 0 Å². The van der Waals surface area contributed by atoms with Gasteiger partial charge in [0.05, 0.1) is 12.1 Å². The van der Waals surface area contributed by atoms with E-state index in [2.05, 4.69) is 23.8 Å². The monoisotopic (exact) mass is 352 g/mol. The van der Waals surface area contributed by atoms with Gasteiger partial charge in [-0.25, -0.2) is 9.59 Å². The van der Waals surface area contributed by atoms with Gasteiger partial charge in [-0.2, -0.15) is 0 Å². The average molecular weight is 352 g/mol. The van der Waals surface area contributed by atoms with Gasteiger partial charge in [-0.15, -0.1) is 13.2 Å². The van der Waals surface area contributed by atoms with Crippen LogP contribution in [0.15, 0.2) is 25.3 Å². The molecule has 8 heteroatoms. The molecular formula is C17H24N2O6. The molecule has 3 rings (SSSR count). The summed E-state index contributed by atoms with van der Waals surface area (Å²) in [7, 11) is 0. The van der Waals surface area contributed by atoms with Crippen LogP contribution in [0.4, 0.5) is 9.59 Å². The fraction of sp³-hybridized carbons (Fsp3) is 0.647. The van der Waals surface area contributed by atoms with E-state index in [4.69, 9.17) is 18.9 Å². The summed E-state index contributed by atoms with van der Waals surface area (Å²) < 4.78 is 22.9. The molecule has 3 aliphatic heterocycles. The third-order valence-corrected chi connectivity index (χ3v) is 4.54. The van der Waals surface area contributed by atoms with Crippen LogP contribution < -0.4 is 10.6 Å². The van der Waals surface area contributed by atoms with E-state index < -0.39 is 42.4 Å². The molecule has 0 aromatic heterocycles. The number of rotatable bonds is 6. The average Bonchev–Trinajstić information content (AvgIpc) is 3.15. The van der Waals surface area contributed by atoms with E-state index in [1.165, 1.54) is 0 Å². The van der Waals surface area contributed by atoms with Crippen LogP contribution in [0.5, 0.6) is 0 Å². The summed E-state index contributed by atoms with van der Waals surface area (Å²) in [6.45, 7) is 11.0. The first-order valence-electron chi connectivity index (χ1n) is 8.36. The summed E-state index contributed by atoms with van der Waals surface area (Å²) in [6, 6.07) is -0.559. The Bertz CT molecular complexity index is 529. The first kappa shape index (κ1) is 17.8. The molecule has 0 aromatic carbocycles. The fourth-order valence-corrected chi connectivity index (χ4v) is 3.61. The molecule has 0 spiro atoms. The maximum Gasteiger partial charge on any atom is 0.407 e. The Balaban J connectivity index is 1.85. The molecule has 8 nitrogen and oxygen atoms in total. The molecule has 3 heterocycles. The molecule has 2 N–H and O–H groups in total. The van der Waals surface area contributed by atoms with Crippen molar-refractivity contribution in [3.8, 4) is 0 Å². The number of hydrogen-bond donors (Lipinski definition) is 2. The van der Waals surface area contributed by atoms with Crippen LogP contribution in [0.25, 0.3) is 0 Å². The van der Waals surface area contributed by atoms with Gasteiger partial charge in [0.15, 0.2) is 18.0 Å². The summed E-state index contributed by atoms with van der Waals surface area (Å²) >= 11 is 0. The molecule has 3 fully saturated rings. The molecule has 0 aliphatic carbocycles. The van der Waals surface area contributed by atoms with Crippen LogP contribution in [0.2, 0.25) is 0 Å². The Morgan fingerprint density at radius 3 is 1.64 bits per heavy atom. The smallest absolute Gasteiger partial charge is 0.407 e. The minimum absolute atomic E-state index is 0.280. The minimum atomic E-state index is -0.892. The van der Waals surface area contributed by atoms with Crippen molar-refractivity contribution in [2.45, 2.75) is 69.0 Å². The number of carbonyl (C=O) groups is 2. The summed E-state index contributed by atoms with van der Waals surface area (Å²) in [5.74, 6) is -0.892. The summed E-state index contributed by atoms with van der Waals surface area (Å²) in [5, 5.41) is 5.52. The molecule has 3 aliphatic rings. The van der Waals surface area contributed by atoms with Crippen LogP contribution in [-0.4, -0.2) is 54.5 Å². The predicted molar refractivity (Wildman–Crippen MR) is 87.8 cm³/mol. The first-order valence-corrected chi connectivity index (χ1v) is 8.36. The minimum Gasteiger partial charge on any atom is -0.441 e. The normalized spacial score (nSPS) is 39.3. The molecule has 3 saturated heterocycles. The zero-order valence-corrected chi connectivity index (χ0v) is 14.4. The predicted octanol–water partition coefficient (Wildman–Crippen LogP) is 1.61. The SMILES string of the molecule is C=CC[C@@H]1NC(=O)O[C@H]1[C@H]1OC(C)(C)O[C@@H]1[C@@H]1OC(=O)N[C@H]1CC=C. The highest BCUT2D eigenvalue weighted by Gasteiger charge is 2.57. The summed E-state index contributed by atoms with van der Waals surface area (Å²) in [5.41, 5.74) is 0. The van der Waals surface area contributed by atoms with E-state index in [1.807, 2.05) is 0 Å². The van der Waals surface area contributed by atoms with Crippen molar-refractivity contribution in [1.29, 1.82) is 0 Å². The molecular weight excluding hydrogens is 328 g/mol. The van der Waals surface area contributed by atoms with Gasteiger partial charge in [-0.1, -0.05) is 12.2 Å². The van der Waals surface area contributed by atoms with Gasteiger partial charge in [0.1, 0.15) is 12.2 Å². The van der Waals surface area contributed by atoms with Crippen LogP contribution >= 0.6 is 0 Å². The second-order valence-corrected chi connectivity index (χ2v) is 6.86. The van der Waals surface area contributed by atoms with E-state index in [-0.39, 0.29) is 12.1 Å². The van der Waals surface area contributed by atoms with Crippen molar-refractivity contribution in [3.05, 3.63) is 25.3 Å². The standard InChI is InChI=1S/C17H24N2O6/c1-5-7-9-11(22-15(20)18-9)13-14(25-17(3,4)24-13)12-10(8-6-2)19-16(21)23-12/h5-6,9-14H,1-2,7-8H2,3-4H3,(H,18,20)(H,19,21)/t9-,10-,11+,12+,13+,14+/m0/s1. The number of carbonyl (C=O) groups excluding carboxylic acids is 2. The van der Waals surface area contributed by atoms with Crippen molar-refractivity contribution in [1.82, 2.24) is 10.6 Å². The topological polar surface area (TPSA) is 95.1 Å². The third-order valence-electron chi connectivity index (χ3n) is 4.54. The molecule has 138 valence electrons. The van der Waals surface area contributed by atoms with E-state index in [9.17, 15) is 9.59 Å². The second-order valence-electron chi connectivity index (χ2n) is 6.86. The lowest BCUT2D eigenvalue weighted by Gasteiger charge is -2.29. The van der Waals surface area contributed by atoms with E-state index in [0.717, 1.165) is 0 Å². The van der Waals surface area contributed by atoms with Crippen LogP contribution in [0.1, 0.15) is 26.7 Å². The van der Waals surface area contributed by atoms with Crippen molar-refractivity contribution in [2.24, 2.45) is 0 Å². The molecule has 0 bridgehead atoms. The van der Waals surface area contributed by atoms with Crippen molar-refractivity contribution in [2.75, 3.05) is 0 Å². The Labute approximate surface area is 146 Å². The highest BCUT2D eigenvalue weighted by Crippen LogP contribution is 2.38. The summed E-state index contributed by atoms with van der Waals surface area (Å²) in [6.07, 6.45) is 1.17. The zero-order valence-electron chi connectivity index (χ0n) is 14.4. The van der Waals surface area contributed by atoms with Gasteiger partial charge in [0.2, 0.25) is 0 Å². The van der Waals surface area contributed by atoms with E-state index >= 15 is 0 Å². The molecule has 2 amide bonds. The Morgan fingerprint density at radius 2 is 1.28 bits per heavy atom. The number of hydrogen-bond acceptors (Lipinski definition) is 6. The van der Waals surface area contributed by atoms with Crippen LogP contribution in [0, 0.1) is 0 Å². The van der Waals surface area contributed by atoms with Gasteiger partial charge >= 0.3 is 12.2 Å². The highest BCUT2D eigenvalue weighted by atomic mass is 16.8. The lowest BCUT2D eigenvalue weighted by Crippen LogP contribution is -2.51. The molecule has 0 aromatic rings. The fourth-order valence-electron chi connectivity index (χ4n) is 3.61. The number of cyclic esters (lactones) is 2. The van der Waals surface area contributed by atoms with Gasteiger partial charge in [-0.05, 0) is 26.7 Å². The quantitative estimate of drug-likeness (QED) is 0.705. The zero-order chi connectivity index (χ0) is 18.2.